The molecule has 0 saturated carbocycles. The molecule has 0 radical (unpaired) electrons. The van der Waals surface area contributed by atoms with Crippen LogP contribution in [0.5, 0.6) is 0 Å². The molecule has 1 aliphatic heterocycles. The zero-order valence-corrected chi connectivity index (χ0v) is 14.2. The van der Waals surface area contributed by atoms with E-state index in [0.29, 0.717) is 0 Å². The summed E-state index contributed by atoms with van der Waals surface area (Å²) in [6, 6.07) is 18.7. The van der Waals surface area contributed by atoms with E-state index < -0.39 is 0 Å². The molecule has 0 bridgehead atoms. The van der Waals surface area contributed by atoms with Crippen molar-refractivity contribution in [1.29, 1.82) is 0 Å². The van der Waals surface area contributed by atoms with E-state index in [1.165, 1.54) is 5.56 Å². The van der Waals surface area contributed by atoms with Gasteiger partial charge in [0.2, 0.25) is 5.91 Å². The molecule has 25 heavy (non-hydrogen) atoms. The quantitative estimate of drug-likeness (QED) is 0.798. The highest BCUT2D eigenvalue weighted by molar-refractivity contribution is 5.86. The minimum absolute atomic E-state index is 0.215. The largest absolute Gasteiger partial charge is 0.369 e. The van der Waals surface area contributed by atoms with Gasteiger partial charge in [0.1, 0.15) is 0 Å². The maximum Gasteiger partial charge on any atom is 0.225 e. The van der Waals surface area contributed by atoms with Crippen molar-refractivity contribution in [3.63, 3.8) is 0 Å². The van der Waals surface area contributed by atoms with Crippen LogP contribution in [0.1, 0.15) is 30.4 Å². The van der Waals surface area contributed by atoms with Gasteiger partial charge in [-0.05, 0) is 36.6 Å². The standard InChI is InChI=1S/C21H21N3O/c1-14-12-18(21(22)25)17-9-2-3-10-19(17)24(14)13-16-7-4-6-15-8-5-11-23-20(15)16/h2-11,14,18H,12-13H2,1H3,(H2,22,25)/t14-,18-/m0/s1. The Kier molecular flexibility index (Phi) is 3.88. The Labute approximate surface area is 147 Å². The summed E-state index contributed by atoms with van der Waals surface area (Å²) < 4.78 is 0. The third-order valence-corrected chi connectivity index (χ3v) is 5.13. The van der Waals surface area contributed by atoms with Gasteiger partial charge in [0.25, 0.3) is 0 Å². The van der Waals surface area contributed by atoms with Crippen molar-refractivity contribution in [1.82, 2.24) is 4.98 Å². The Morgan fingerprint density at radius 1 is 1.16 bits per heavy atom. The predicted molar refractivity (Wildman–Crippen MR) is 100 cm³/mol. The highest BCUT2D eigenvalue weighted by atomic mass is 16.1. The Morgan fingerprint density at radius 2 is 1.96 bits per heavy atom. The Morgan fingerprint density at radius 3 is 2.80 bits per heavy atom. The van der Waals surface area contributed by atoms with Crippen LogP contribution in [0.25, 0.3) is 10.9 Å². The van der Waals surface area contributed by atoms with Crippen LogP contribution in [0.3, 0.4) is 0 Å². The van der Waals surface area contributed by atoms with Crippen LogP contribution in [0, 0.1) is 0 Å². The van der Waals surface area contributed by atoms with Crippen molar-refractivity contribution in [3.05, 3.63) is 71.9 Å². The van der Waals surface area contributed by atoms with Crippen molar-refractivity contribution in [2.24, 2.45) is 5.73 Å². The molecule has 0 unspecified atom stereocenters. The summed E-state index contributed by atoms with van der Waals surface area (Å²) >= 11 is 0. The van der Waals surface area contributed by atoms with Crippen LogP contribution in [0.15, 0.2) is 60.8 Å². The van der Waals surface area contributed by atoms with E-state index >= 15 is 0 Å². The number of nitrogens with zero attached hydrogens (tertiary/aromatic N) is 2. The number of hydrogen-bond acceptors (Lipinski definition) is 3. The van der Waals surface area contributed by atoms with Gasteiger partial charge in [-0.3, -0.25) is 9.78 Å². The number of rotatable bonds is 3. The number of nitrogens with two attached hydrogens (primary N) is 1. The maximum atomic E-state index is 11.9. The second-order valence-corrected chi connectivity index (χ2v) is 6.72. The molecule has 3 aromatic rings. The minimum Gasteiger partial charge on any atom is -0.369 e. The van der Waals surface area contributed by atoms with Crippen molar-refractivity contribution in [2.45, 2.75) is 31.8 Å². The van der Waals surface area contributed by atoms with E-state index in [1.54, 1.807) is 0 Å². The zero-order chi connectivity index (χ0) is 17.4. The minimum atomic E-state index is -0.245. The molecule has 1 aromatic heterocycles. The predicted octanol–water partition coefficient (Wildman–Crippen LogP) is 3.60. The third kappa shape index (κ3) is 2.74. The summed E-state index contributed by atoms with van der Waals surface area (Å²) in [5.74, 6) is -0.459. The van der Waals surface area contributed by atoms with Gasteiger partial charge in [-0.25, -0.2) is 0 Å². The monoisotopic (exact) mass is 331 g/mol. The van der Waals surface area contributed by atoms with Gasteiger partial charge in [-0.2, -0.15) is 0 Å². The van der Waals surface area contributed by atoms with Gasteiger partial charge in [-0.1, -0.05) is 42.5 Å². The molecule has 126 valence electrons. The molecule has 2 atom stereocenters. The summed E-state index contributed by atoms with van der Waals surface area (Å²) in [4.78, 5) is 18.8. The first-order chi connectivity index (χ1) is 12.1. The van der Waals surface area contributed by atoms with Crippen LogP contribution in [-0.4, -0.2) is 16.9 Å². The van der Waals surface area contributed by atoms with Gasteiger partial charge in [0, 0.05) is 29.9 Å². The summed E-state index contributed by atoms with van der Waals surface area (Å²) in [5, 5.41) is 1.15. The number of amides is 1. The molecule has 1 aliphatic rings. The lowest BCUT2D eigenvalue weighted by Crippen LogP contribution is -2.41. The number of fused-ring (bicyclic) bond motifs is 2. The SMILES string of the molecule is C[C@H]1C[C@H](C(N)=O)c2ccccc2N1Cc1cccc2cccnc12. The lowest BCUT2D eigenvalue weighted by Gasteiger charge is -2.40. The molecule has 4 heteroatoms. The van der Waals surface area contributed by atoms with E-state index in [2.05, 4.69) is 47.1 Å². The molecule has 0 fully saturated rings. The number of carbonyl (C=O) groups is 1. The van der Waals surface area contributed by atoms with E-state index in [4.69, 9.17) is 5.73 Å². The number of para-hydroxylation sites is 2. The van der Waals surface area contributed by atoms with Gasteiger partial charge >= 0.3 is 0 Å². The van der Waals surface area contributed by atoms with Gasteiger partial charge in [-0.15, -0.1) is 0 Å². The summed E-state index contributed by atoms with van der Waals surface area (Å²) in [6.45, 7) is 2.92. The molecule has 4 nitrogen and oxygen atoms in total. The van der Waals surface area contributed by atoms with Crippen molar-refractivity contribution < 1.29 is 4.79 Å². The van der Waals surface area contributed by atoms with Crippen LogP contribution in [0.2, 0.25) is 0 Å². The summed E-state index contributed by atoms with van der Waals surface area (Å²) in [6.07, 6.45) is 2.58. The van der Waals surface area contributed by atoms with E-state index in [-0.39, 0.29) is 17.9 Å². The van der Waals surface area contributed by atoms with Gasteiger partial charge < -0.3 is 10.6 Å². The van der Waals surface area contributed by atoms with Gasteiger partial charge in [0.15, 0.2) is 0 Å². The number of primary amides is 1. The maximum absolute atomic E-state index is 11.9. The molecule has 4 rings (SSSR count). The molecule has 0 aliphatic carbocycles. The molecule has 2 heterocycles. The first-order valence-corrected chi connectivity index (χ1v) is 8.62. The van der Waals surface area contributed by atoms with Crippen molar-refractivity contribution >= 4 is 22.5 Å². The summed E-state index contributed by atoms with van der Waals surface area (Å²) in [7, 11) is 0. The van der Waals surface area contributed by atoms with Crippen molar-refractivity contribution in [2.75, 3.05) is 4.90 Å². The first kappa shape index (κ1) is 15.6. The zero-order valence-electron chi connectivity index (χ0n) is 14.2. The van der Waals surface area contributed by atoms with E-state index in [1.807, 2.05) is 30.5 Å². The lowest BCUT2D eigenvalue weighted by atomic mass is 9.85. The number of hydrogen-bond donors (Lipinski definition) is 1. The number of aromatic nitrogens is 1. The molecule has 1 amide bonds. The second-order valence-electron chi connectivity index (χ2n) is 6.72. The van der Waals surface area contributed by atoms with E-state index in [0.717, 1.165) is 35.1 Å². The molecule has 0 saturated heterocycles. The fourth-order valence-electron chi connectivity index (χ4n) is 3.87. The molecule has 2 aromatic carbocycles. The average Bonchev–Trinajstić information content (AvgIpc) is 2.63. The highest BCUT2D eigenvalue weighted by Crippen LogP contribution is 2.39. The summed E-state index contributed by atoms with van der Waals surface area (Å²) in [5.41, 5.74) is 10.00. The number of pyridine rings is 1. The first-order valence-electron chi connectivity index (χ1n) is 8.62. The molecular formula is C21H21N3O. The number of benzene rings is 2. The number of anilines is 1. The number of carbonyl (C=O) groups excluding carboxylic acids is 1. The fraction of sp³-hybridized carbons (Fsp3) is 0.238. The van der Waals surface area contributed by atoms with Gasteiger partial charge in [0.05, 0.1) is 11.4 Å². The fourth-order valence-corrected chi connectivity index (χ4v) is 3.87. The average molecular weight is 331 g/mol. The second kappa shape index (κ2) is 6.20. The molecule has 2 N–H and O–H groups in total. The Bertz CT molecular complexity index is 932. The topological polar surface area (TPSA) is 59.2 Å². The molecule has 0 spiro atoms. The Hall–Kier alpha value is -2.88. The smallest absolute Gasteiger partial charge is 0.225 e. The van der Waals surface area contributed by atoms with Crippen LogP contribution in [-0.2, 0) is 11.3 Å². The van der Waals surface area contributed by atoms with Crippen LogP contribution < -0.4 is 10.6 Å². The van der Waals surface area contributed by atoms with Crippen LogP contribution in [0.4, 0.5) is 5.69 Å². The Balaban J connectivity index is 1.77. The third-order valence-electron chi connectivity index (χ3n) is 5.13. The van der Waals surface area contributed by atoms with E-state index in [9.17, 15) is 4.79 Å². The molecular weight excluding hydrogens is 310 g/mol. The lowest BCUT2D eigenvalue weighted by molar-refractivity contribution is -0.119. The normalized spacial score (nSPS) is 19.6. The van der Waals surface area contributed by atoms with Crippen LogP contribution >= 0.6 is 0 Å². The highest BCUT2D eigenvalue weighted by Gasteiger charge is 2.33. The van der Waals surface area contributed by atoms with Crippen molar-refractivity contribution in [3.8, 4) is 0 Å².